The first-order chi connectivity index (χ1) is 11.1. The molecule has 1 N–H and O–H groups in total. The van der Waals surface area contributed by atoms with Gasteiger partial charge in [0.15, 0.2) is 0 Å². The number of aromatic amines is 1. The van der Waals surface area contributed by atoms with Gasteiger partial charge in [0.05, 0.1) is 24.0 Å². The number of aromatic nitrogens is 2. The Morgan fingerprint density at radius 1 is 1.43 bits per heavy atom. The van der Waals surface area contributed by atoms with Gasteiger partial charge in [-0.2, -0.15) is 0 Å². The summed E-state index contributed by atoms with van der Waals surface area (Å²) >= 11 is 3.05. The van der Waals surface area contributed by atoms with Crippen molar-refractivity contribution in [1.82, 2.24) is 15.0 Å². The van der Waals surface area contributed by atoms with Crippen LogP contribution in [-0.2, 0) is 28.2 Å². The number of carbonyl (C=O) groups is 1. The second-order valence-electron chi connectivity index (χ2n) is 5.47. The first kappa shape index (κ1) is 16.5. The van der Waals surface area contributed by atoms with Crippen molar-refractivity contribution in [3.8, 4) is 0 Å². The Balaban J connectivity index is 1.75. The van der Waals surface area contributed by atoms with Crippen molar-refractivity contribution in [3.63, 3.8) is 0 Å². The van der Waals surface area contributed by atoms with Crippen molar-refractivity contribution < 1.29 is 9.63 Å². The molecule has 6 nitrogen and oxygen atoms in total. The van der Waals surface area contributed by atoms with Crippen molar-refractivity contribution in [2.24, 2.45) is 0 Å². The van der Waals surface area contributed by atoms with E-state index in [4.69, 9.17) is 4.84 Å². The van der Waals surface area contributed by atoms with E-state index in [1.165, 1.54) is 40.8 Å². The van der Waals surface area contributed by atoms with Gasteiger partial charge in [-0.3, -0.25) is 14.4 Å². The van der Waals surface area contributed by atoms with Crippen LogP contribution in [0.2, 0.25) is 0 Å². The van der Waals surface area contributed by atoms with E-state index in [-0.39, 0.29) is 17.2 Å². The molecular formula is C15H19N3O3S2. The molecule has 0 saturated heterocycles. The Morgan fingerprint density at radius 2 is 2.22 bits per heavy atom. The van der Waals surface area contributed by atoms with E-state index in [1.807, 2.05) is 0 Å². The summed E-state index contributed by atoms with van der Waals surface area (Å²) < 4.78 is 0. The molecule has 0 bridgehead atoms. The van der Waals surface area contributed by atoms with Gasteiger partial charge in [-0.15, -0.1) is 23.1 Å². The number of fused-ring (bicyclic) bond motifs is 3. The number of thiophene rings is 1. The molecule has 1 amide bonds. The van der Waals surface area contributed by atoms with Crippen molar-refractivity contribution in [3.05, 3.63) is 26.6 Å². The minimum atomic E-state index is -0.118. The number of aryl methyl sites for hydroxylation is 2. The Hall–Kier alpha value is -1.38. The summed E-state index contributed by atoms with van der Waals surface area (Å²) in [5, 5.41) is 1.97. The first-order valence-electron chi connectivity index (χ1n) is 7.52. The van der Waals surface area contributed by atoms with Gasteiger partial charge in [0.1, 0.15) is 10.7 Å². The number of hydroxylamine groups is 2. The van der Waals surface area contributed by atoms with Crippen LogP contribution in [0.1, 0.15) is 29.1 Å². The number of amides is 1. The van der Waals surface area contributed by atoms with Crippen LogP contribution in [0.3, 0.4) is 0 Å². The largest absolute Gasteiger partial charge is 0.309 e. The molecule has 124 valence electrons. The van der Waals surface area contributed by atoms with E-state index in [2.05, 4.69) is 9.97 Å². The van der Waals surface area contributed by atoms with Crippen LogP contribution in [0.4, 0.5) is 0 Å². The molecule has 0 saturated carbocycles. The highest BCUT2D eigenvalue weighted by molar-refractivity contribution is 7.99. The minimum absolute atomic E-state index is 0.0506. The van der Waals surface area contributed by atoms with Gasteiger partial charge in [-0.1, -0.05) is 0 Å². The topological polar surface area (TPSA) is 75.3 Å². The summed E-state index contributed by atoms with van der Waals surface area (Å²) in [6.07, 6.45) is 4.37. The van der Waals surface area contributed by atoms with Crippen molar-refractivity contribution in [1.29, 1.82) is 0 Å². The number of hydrogen-bond donors (Lipinski definition) is 1. The summed E-state index contributed by atoms with van der Waals surface area (Å²) in [7, 11) is 3.03. The Bertz CT molecular complexity index is 784. The number of nitrogens with one attached hydrogen (secondary N) is 1. The number of H-pyrrole nitrogens is 1. The summed E-state index contributed by atoms with van der Waals surface area (Å²) in [6.45, 7) is 0. The molecule has 0 spiro atoms. The third kappa shape index (κ3) is 3.44. The number of carbonyl (C=O) groups excluding carboxylic acids is 1. The zero-order valence-electron chi connectivity index (χ0n) is 13.2. The average Bonchev–Trinajstić information content (AvgIpc) is 2.92. The molecule has 1 aliphatic rings. The van der Waals surface area contributed by atoms with Gasteiger partial charge in [0.25, 0.3) is 11.5 Å². The maximum Gasteiger partial charge on any atom is 0.259 e. The number of rotatable bonds is 5. The molecule has 2 aromatic rings. The maximum atomic E-state index is 12.4. The van der Waals surface area contributed by atoms with Crippen molar-refractivity contribution >= 4 is 39.2 Å². The van der Waals surface area contributed by atoms with Crippen LogP contribution in [0.5, 0.6) is 0 Å². The van der Waals surface area contributed by atoms with E-state index >= 15 is 0 Å². The Labute approximate surface area is 142 Å². The zero-order valence-corrected chi connectivity index (χ0v) is 14.8. The van der Waals surface area contributed by atoms with Crippen LogP contribution >= 0.6 is 23.1 Å². The maximum absolute atomic E-state index is 12.4. The monoisotopic (exact) mass is 353 g/mol. The highest BCUT2D eigenvalue weighted by Crippen LogP contribution is 2.33. The molecule has 23 heavy (non-hydrogen) atoms. The van der Waals surface area contributed by atoms with E-state index in [1.54, 1.807) is 18.4 Å². The zero-order chi connectivity index (χ0) is 16.4. The lowest BCUT2D eigenvalue weighted by Gasteiger charge is -2.12. The smallest absolute Gasteiger partial charge is 0.259 e. The van der Waals surface area contributed by atoms with E-state index < -0.39 is 0 Å². The highest BCUT2D eigenvalue weighted by atomic mass is 32.2. The van der Waals surface area contributed by atoms with Crippen LogP contribution in [0, 0.1) is 0 Å². The van der Waals surface area contributed by atoms with Gasteiger partial charge in [-0.25, -0.2) is 10.0 Å². The normalized spacial score (nSPS) is 14.0. The van der Waals surface area contributed by atoms with Crippen molar-refractivity contribution in [2.75, 3.05) is 19.9 Å². The third-order valence-electron chi connectivity index (χ3n) is 3.96. The fourth-order valence-electron chi connectivity index (χ4n) is 2.70. The lowest BCUT2D eigenvalue weighted by molar-refractivity contribution is -0.165. The van der Waals surface area contributed by atoms with Crippen molar-refractivity contribution in [2.45, 2.75) is 31.4 Å². The van der Waals surface area contributed by atoms with Gasteiger partial charge in [0.2, 0.25) is 0 Å². The van der Waals surface area contributed by atoms with E-state index in [0.717, 1.165) is 29.5 Å². The third-order valence-corrected chi connectivity index (χ3v) is 6.08. The van der Waals surface area contributed by atoms with Crippen LogP contribution in [-0.4, -0.2) is 40.8 Å². The molecule has 3 rings (SSSR count). The Morgan fingerprint density at radius 3 is 3.00 bits per heavy atom. The second kappa shape index (κ2) is 7.02. The minimum Gasteiger partial charge on any atom is -0.309 e. The molecule has 8 heteroatoms. The average molecular weight is 353 g/mol. The standard InChI is InChI=1S/C15H19N3O3S2/c1-18(21-2)12(19)8-22-7-11-16-14(20)13-9-5-3-4-6-10(9)23-15(13)17-11/h3-8H2,1-2H3,(H,16,17,20). The lowest BCUT2D eigenvalue weighted by Crippen LogP contribution is -2.27. The molecule has 0 aliphatic heterocycles. The number of nitrogens with zero attached hydrogens (tertiary/aromatic N) is 2. The molecule has 0 aromatic carbocycles. The summed E-state index contributed by atoms with van der Waals surface area (Å²) in [6, 6.07) is 0. The highest BCUT2D eigenvalue weighted by Gasteiger charge is 2.19. The van der Waals surface area contributed by atoms with Crippen LogP contribution in [0.25, 0.3) is 10.2 Å². The predicted molar refractivity (Wildman–Crippen MR) is 92.8 cm³/mol. The van der Waals surface area contributed by atoms with Crippen LogP contribution < -0.4 is 5.56 Å². The fourth-order valence-corrected chi connectivity index (χ4v) is 4.77. The number of hydrogen-bond acceptors (Lipinski definition) is 6. The summed E-state index contributed by atoms with van der Waals surface area (Å²) in [5.41, 5.74) is 1.14. The van der Waals surface area contributed by atoms with Crippen LogP contribution in [0.15, 0.2) is 4.79 Å². The molecule has 2 heterocycles. The Kier molecular flexibility index (Phi) is 5.03. The molecule has 0 fully saturated rings. The van der Waals surface area contributed by atoms with E-state index in [0.29, 0.717) is 11.6 Å². The molecule has 2 aromatic heterocycles. The molecule has 0 unspecified atom stereocenters. The summed E-state index contributed by atoms with van der Waals surface area (Å²) in [4.78, 5) is 38.5. The van der Waals surface area contributed by atoms with E-state index in [9.17, 15) is 9.59 Å². The second-order valence-corrected chi connectivity index (χ2v) is 7.54. The molecule has 0 atom stereocenters. The predicted octanol–water partition coefficient (Wildman–Crippen LogP) is 2.12. The lowest BCUT2D eigenvalue weighted by atomic mass is 9.97. The fraction of sp³-hybridized carbons (Fsp3) is 0.533. The molecule has 0 radical (unpaired) electrons. The molecule has 1 aliphatic carbocycles. The first-order valence-corrected chi connectivity index (χ1v) is 9.49. The quantitative estimate of drug-likeness (QED) is 0.834. The SMILES string of the molecule is CON(C)C(=O)CSCc1nc2sc3c(c2c(=O)[nH]1)CCCC3. The van der Waals surface area contributed by atoms with Gasteiger partial charge >= 0.3 is 0 Å². The van der Waals surface area contributed by atoms with Gasteiger partial charge in [-0.05, 0) is 31.2 Å². The summed E-state index contributed by atoms with van der Waals surface area (Å²) in [5.74, 6) is 1.29. The van der Waals surface area contributed by atoms with Gasteiger partial charge < -0.3 is 4.98 Å². The number of thioether (sulfide) groups is 1. The molecular weight excluding hydrogens is 334 g/mol. The van der Waals surface area contributed by atoms with Gasteiger partial charge in [0, 0.05) is 11.9 Å².